The van der Waals surface area contributed by atoms with Crippen LogP contribution in [0.25, 0.3) is 0 Å². The third-order valence-electron chi connectivity index (χ3n) is 6.18. The van der Waals surface area contributed by atoms with Gasteiger partial charge >= 0.3 is 18.1 Å². The lowest BCUT2D eigenvalue weighted by atomic mass is 10.1. The quantitative estimate of drug-likeness (QED) is 0.216. The number of ketones is 1. The second-order valence-electron chi connectivity index (χ2n) is 9.64. The first-order valence-corrected chi connectivity index (χ1v) is 13.5. The third kappa shape index (κ3) is 10.7. The van der Waals surface area contributed by atoms with Crippen LogP contribution in [0.3, 0.4) is 0 Å². The average Bonchev–Trinajstić information content (AvgIpc) is 2.96. The Morgan fingerprint density at radius 2 is 1.60 bits per heavy atom. The number of unbranched alkanes of at least 4 members (excludes halogenated alkanes) is 1. The van der Waals surface area contributed by atoms with Gasteiger partial charge in [0, 0.05) is 25.7 Å². The highest BCUT2D eigenvalue weighted by molar-refractivity contribution is 5.88. The number of anilines is 1. The maximum absolute atomic E-state index is 12.4. The molecule has 0 aliphatic heterocycles. The molecular weight excluding hydrogens is 565 g/mol. The van der Waals surface area contributed by atoms with Crippen LogP contribution in [0.4, 0.5) is 23.8 Å². The van der Waals surface area contributed by atoms with E-state index >= 15 is 0 Å². The second kappa shape index (κ2) is 14.7. The molecule has 4 rings (SSSR count). The molecule has 0 aliphatic carbocycles. The number of carbonyl (C=O) groups is 2. The molecule has 2 aromatic carbocycles. The Morgan fingerprint density at radius 3 is 2.33 bits per heavy atom. The molecule has 224 valence electrons. The van der Waals surface area contributed by atoms with E-state index in [1.807, 2.05) is 30.3 Å². The van der Waals surface area contributed by atoms with Gasteiger partial charge in [0.2, 0.25) is 0 Å². The molecule has 0 bridgehead atoms. The molecule has 0 atom stereocenters. The van der Waals surface area contributed by atoms with Crippen LogP contribution in [-0.4, -0.2) is 37.9 Å². The van der Waals surface area contributed by atoms with Gasteiger partial charge < -0.3 is 10.1 Å². The summed E-state index contributed by atoms with van der Waals surface area (Å²) in [4.78, 5) is 40.8. The number of urea groups is 1. The molecule has 0 saturated carbocycles. The highest BCUT2D eigenvalue weighted by Gasteiger charge is 2.31. The summed E-state index contributed by atoms with van der Waals surface area (Å²) < 4.78 is 42.6. The van der Waals surface area contributed by atoms with Gasteiger partial charge in [0.25, 0.3) is 0 Å². The fraction of sp³-hybridized carbons (Fsp3) is 0.267. The number of amides is 2. The van der Waals surface area contributed by atoms with Crippen LogP contribution >= 0.6 is 0 Å². The monoisotopic (exact) mass is 594 g/mol. The number of aromatic nitrogens is 4. The van der Waals surface area contributed by atoms with E-state index in [1.165, 1.54) is 22.8 Å². The number of halogens is 3. The molecule has 2 amide bonds. The summed E-state index contributed by atoms with van der Waals surface area (Å²) in [6.45, 7) is 0.776. The Labute approximate surface area is 245 Å². The fourth-order valence-electron chi connectivity index (χ4n) is 4.16. The van der Waals surface area contributed by atoms with Crippen LogP contribution in [0.1, 0.15) is 35.4 Å². The second-order valence-corrected chi connectivity index (χ2v) is 9.64. The van der Waals surface area contributed by atoms with Gasteiger partial charge in [-0.2, -0.15) is 15.2 Å². The number of carbonyl (C=O) groups excluding carboxylic acids is 2. The molecular formula is C30H29F3N6O4. The summed E-state index contributed by atoms with van der Waals surface area (Å²) in [5.74, 6) is -0.444. The smallest absolute Gasteiger partial charge is 0.406 e. The minimum absolute atomic E-state index is 0.00685. The van der Waals surface area contributed by atoms with Crippen molar-refractivity contribution in [1.29, 1.82) is 0 Å². The summed E-state index contributed by atoms with van der Waals surface area (Å²) in [5, 5.41) is 13.5. The zero-order chi connectivity index (χ0) is 30.7. The Balaban J connectivity index is 1.17. The van der Waals surface area contributed by atoms with Crippen LogP contribution in [-0.2, 0) is 37.1 Å². The number of Topliss-reactive ketones (excluding diaryl/α,β-unsaturated/α-hetero) is 1. The van der Waals surface area contributed by atoms with E-state index in [1.54, 1.807) is 30.5 Å². The van der Waals surface area contributed by atoms with Gasteiger partial charge in [-0.15, -0.1) is 13.2 Å². The first-order chi connectivity index (χ1) is 20.6. The van der Waals surface area contributed by atoms with Crippen molar-refractivity contribution in [1.82, 2.24) is 25.1 Å². The third-order valence-corrected chi connectivity index (χ3v) is 6.18. The summed E-state index contributed by atoms with van der Waals surface area (Å²) in [6, 6.07) is 19.3. The summed E-state index contributed by atoms with van der Waals surface area (Å²) in [6.07, 6.45) is -1.30. The van der Waals surface area contributed by atoms with Crippen molar-refractivity contribution < 1.29 is 27.5 Å². The van der Waals surface area contributed by atoms with E-state index in [2.05, 4.69) is 30.6 Å². The maximum atomic E-state index is 12.4. The molecule has 0 unspecified atom stereocenters. The topological polar surface area (TPSA) is 128 Å². The molecule has 10 nitrogen and oxygen atoms in total. The minimum Gasteiger partial charge on any atom is -0.406 e. The molecule has 0 saturated heterocycles. The molecule has 0 radical (unpaired) electrons. The predicted octanol–water partition coefficient (Wildman–Crippen LogP) is 4.63. The highest BCUT2D eigenvalue weighted by Crippen LogP contribution is 2.23. The molecule has 0 spiro atoms. The fourth-order valence-corrected chi connectivity index (χ4v) is 4.16. The van der Waals surface area contributed by atoms with Gasteiger partial charge in [0.05, 0.1) is 17.8 Å². The van der Waals surface area contributed by atoms with Gasteiger partial charge in [-0.3, -0.25) is 14.7 Å². The lowest BCUT2D eigenvalue weighted by Crippen LogP contribution is -2.30. The number of benzene rings is 2. The van der Waals surface area contributed by atoms with Gasteiger partial charge in [-0.05, 0) is 60.7 Å². The van der Waals surface area contributed by atoms with Gasteiger partial charge in [-0.25, -0.2) is 9.59 Å². The van der Waals surface area contributed by atoms with Crippen LogP contribution in [0, 0.1) is 0 Å². The van der Waals surface area contributed by atoms with E-state index in [9.17, 15) is 27.6 Å². The van der Waals surface area contributed by atoms with E-state index in [0.717, 1.165) is 17.7 Å². The molecule has 2 aromatic heterocycles. The summed E-state index contributed by atoms with van der Waals surface area (Å²) in [5.41, 5.74) is 2.05. The Morgan fingerprint density at radius 1 is 0.860 bits per heavy atom. The lowest BCUT2D eigenvalue weighted by molar-refractivity contribution is -0.274. The van der Waals surface area contributed by atoms with Crippen molar-refractivity contribution in [3.05, 3.63) is 112 Å². The number of hydrogen-bond acceptors (Lipinski definition) is 7. The first-order valence-electron chi connectivity index (χ1n) is 13.5. The Hall–Kier alpha value is -5.07. The molecule has 13 heteroatoms. The number of alkyl halides is 3. The molecule has 4 aromatic rings. The first kappa shape index (κ1) is 30.9. The molecule has 43 heavy (non-hydrogen) atoms. The predicted molar refractivity (Wildman–Crippen MR) is 151 cm³/mol. The van der Waals surface area contributed by atoms with Crippen molar-refractivity contribution in [3.63, 3.8) is 0 Å². The van der Waals surface area contributed by atoms with Gasteiger partial charge in [0.15, 0.2) is 0 Å². The van der Waals surface area contributed by atoms with Crippen molar-refractivity contribution in [2.24, 2.45) is 0 Å². The van der Waals surface area contributed by atoms with E-state index in [0.29, 0.717) is 37.2 Å². The number of hydrogen-bond donors (Lipinski definition) is 2. The molecule has 2 N–H and O–H groups in total. The minimum atomic E-state index is -4.80. The van der Waals surface area contributed by atoms with Crippen LogP contribution in [0.5, 0.6) is 5.75 Å². The van der Waals surface area contributed by atoms with E-state index in [-0.39, 0.29) is 30.2 Å². The summed E-state index contributed by atoms with van der Waals surface area (Å²) >= 11 is 0. The number of ether oxygens (including phenoxy) is 1. The van der Waals surface area contributed by atoms with Crippen molar-refractivity contribution >= 4 is 17.6 Å². The lowest BCUT2D eigenvalue weighted by Gasteiger charge is -2.10. The van der Waals surface area contributed by atoms with Crippen molar-refractivity contribution in [2.45, 2.75) is 51.6 Å². The normalized spacial score (nSPS) is 11.1. The van der Waals surface area contributed by atoms with E-state index < -0.39 is 18.1 Å². The zero-order valence-electron chi connectivity index (χ0n) is 23.0. The molecule has 2 heterocycles. The standard InChI is InChI=1S/C30H29F3N6O4/c31-30(32,33)43-26-11-6-9-22(18-26)17-25(40)19-24-13-12-23(37-38-24)10-4-5-15-39-16-14-27(36-29(39)42)35-28(41)34-20-21-7-2-1-3-8-21/h1-3,6-9,11-14,16,18H,4-5,10,15,17,19-20H2,(H2,34,35,36,41,42). The number of rotatable bonds is 13. The van der Waals surface area contributed by atoms with Crippen molar-refractivity contribution in [3.8, 4) is 5.75 Å². The van der Waals surface area contributed by atoms with Gasteiger partial charge in [-0.1, -0.05) is 42.5 Å². The van der Waals surface area contributed by atoms with Crippen LogP contribution < -0.4 is 21.1 Å². The summed E-state index contributed by atoms with van der Waals surface area (Å²) in [7, 11) is 0. The SMILES string of the molecule is O=C(Cc1cccc(OC(F)(F)F)c1)Cc1ccc(CCCCn2ccc(NC(=O)NCc3ccccc3)nc2=O)nn1. The number of aryl methyl sites for hydroxylation is 2. The maximum Gasteiger partial charge on any atom is 0.573 e. The Bertz CT molecular complexity index is 1580. The molecule has 0 aliphatic rings. The van der Waals surface area contributed by atoms with Crippen molar-refractivity contribution in [2.75, 3.05) is 5.32 Å². The molecule has 0 fully saturated rings. The number of nitrogens with zero attached hydrogens (tertiary/aromatic N) is 4. The Kier molecular flexibility index (Phi) is 10.6. The highest BCUT2D eigenvalue weighted by atomic mass is 19.4. The van der Waals surface area contributed by atoms with Gasteiger partial charge in [0.1, 0.15) is 17.4 Å². The number of nitrogens with one attached hydrogen (secondary N) is 2. The van der Waals surface area contributed by atoms with Crippen LogP contribution in [0.2, 0.25) is 0 Å². The van der Waals surface area contributed by atoms with E-state index in [4.69, 9.17) is 0 Å². The largest absolute Gasteiger partial charge is 0.573 e. The zero-order valence-corrected chi connectivity index (χ0v) is 23.0. The average molecular weight is 595 g/mol. The van der Waals surface area contributed by atoms with Crippen LogP contribution in [0.15, 0.2) is 83.8 Å².